The van der Waals surface area contributed by atoms with Crippen LogP contribution in [0.25, 0.3) is 0 Å². The first-order valence-electron chi connectivity index (χ1n) is 7.70. The summed E-state index contributed by atoms with van der Waals surface area (Å²) in [5.74, 6) is 1.96. The van der Waals surface area contributed by atoms with E-state index in [2.05, 4.69) is 17.0 Å². The topological polar surface area (TPSA) is 51.2 Å². The lowest BCUT2D eigenvalue weighted by molar-refractivity contribution is 0.0862. The predicted molar refractivity (Wildman–Crippen MR) is 84.6 cm³/mol. The average molecular weight is 313 g/mol. The molecule has 0 amide bonds. The minimum Gasteiger partial charge on any atom is -0.493 e. The first kappa shape index (κ1) is 14.4. The van der Waals surface area contributed by atoms with E-state index in [-0.39, 0.29) is 6.79 Å². The molecule has 0 saturated heterocycles. The molecule has 1 atom stereocenters. The Morgan fingerprint density at radius 1 is 1.22 bits per heavy atom. The van der Waals surface area contributed by atoms with Crippen molar-refractivity contribution in [2.75, 3.05) is 20.4 Å². The van der Waals surface area contributed by atoms with Gasteiger partial charge in [-0.15, -0.1) is 0 Å². The number of rotatable bonds is 3. The van der Waals surface area contributed by atoms with Crippen molar-refractivity contribution in [3.05, 3.63) is 53.1 Å². The fourth-order valence-electron chi connectivity index (χ4n) is 3.32. The Kier molecular flexibility index (Phi) is 3.59. The molecule has 2 aromatic rings. The molecule has 2 aliphatic heterocycles. The van der Waals surface area contributed by atoms with Crippen LogP contribution in [0, 0.1) is 0 Å². The van der Waals surface area contributed by atoms with Crippen LogP contribution in [0.2, 0.25) is 0 Å². The molecule has 0 spiro atoms. The van der Waals surface area contributed by atoms with Gasteiger partial charge in [-0.1, -0.05) is 30.3 Å². The van der Waals surface area contributed by atoms with E-state index in [0.717, 1.165) is 24.2 Å². The van der Waals surface area contributed by atoms with Crippen molar-refractivity contribution in [1.29, 1.82) is 0 Å². The van der Waals surface area contributed by atoms with Gasteiger partial charge in [0.15, 0.2) is 11.5 Å². The van der Waals surface area contributed by atoms with Gasteiger partial charge >= 0.3 is 0 Å². The number of fused-ring (bicyclic) bond motifs is 3. The van der Waals surface area contributed by atoms with Gasteiger partial charge in [0.2, 0.25) is 12.5 Å². The highest BCUT2D eigenvalue weighted by Gasteiger charge is 2.33. The maximum atomic E-state index is 10.6. The number of hydrogen-bond acceptors (Lipinski definition) is 5. The highest BCUT2D eigenvalue weighted by atomic mass is 16.7. The molecule has 0 radical (unpaired) electrons. The van der Waals surface area contributed by atoms with Crippen molar-refractivity contribution in [1.82, 2.24) is 4.90 Å². The van der Waals surface area contributed by atoms with Gasteiger partial charge in [-0.05, 0) is 17.2 Å². The molecule has 0 aromatic heterocycles. The Labute approximate surface area is 135 Å². The molecular weight excluding hydrogens is 294 g/mol. The second-order valence-corrected chi connectivity index (χ2v) is 5.88. The summed E-state index contributed by atoms with van der Waals surface area (Å²) in [6, 6.07) is 12.1. The summed E-state index contributed by atoms with van der Waals surface area (Å²) in [5, 5.41) is 10.6. The normalized spacial score (nSPS) is 19.5. The van der Waals surface area contributed by atoms with Crippen LogP contribution in [-0.2, 0) is 13.1 Å². The third kappa shape index (κ3) is 2.52. The molecule has 23 heavy (non-hydrogen) atoms. The lowest BCUT2D eigenvalue weighted by Gasteiger charge is -2.33. The minimum atomic E-state index is -0.564. The van der Waals surface area contributed by atoms with Crippen LogP contribution in [0.3, 0.4) is 0 Å². The first-order chi connectivity index (χ1) is 11.3. The number of aliphatic hydroxyl groups is 1. The van der Waals surface area contributed by atoms with Gasteiger partial charge in [0.05, 0.1) is 13.2 Å². The van der Waals surface area contributed by atoms with E-state index in [4.69, 9.17) is 14.2 Å². The third-order valence-electron chi connectivity index (χ3n) is 4.39. The number of hydrogen-bond donors (Lipinski definition) is 1. The highest BCUT2D eigenvalue weighted by molar-refractivity contribution is 5.61. The summed E-state index contributed by atoms with van der Waals surface area (Å²) < 4.78 is 16.5. The molecule has 0 bridgehead atoms. The molecular formula is C18H19NO4. The molecule has 0 saturated carbocycles. The predicted octanol–water partition coefficient (Wildman–Crippen LogP) is 2.47. The first-order valence-corrected chi connectivity index (χ1v) is 7.70. The van der Waals surface area contributed by atoms with Crippen molar-refractivity contribution in [3.63, 3.8) is 0 Å². The van der Waals surface area contributed by atoms with E-state index >= 15 is 0 Å². The van der Waals surface area contributed by atoms with Crippen LogP contribution in [0.5, 0.6) is 17.2 Å². The zero-order chi connectivity index (χ0) is 15.8. The number of benzene rings is 2. The fraction of sp³-hybridized carbons (Fsp3) is 0.333. The quantitative estimate of drug-likeness (QED) is 0.943. The van der Waals surface area contributed by atoms with Crippen LogP contribution < -0.4 is 14.2 Å². The molecule has 120 valence electrons. The van der Waals surface area contributed by atoms with E-state index in [1.807, 2.05) is 24.3 Å². The van der Waals surface area contributed by atoms with Gasteiger partial charge in [0.25, 0.3) is 0 Å². The Hall–Kier alpha value is -2.24. The second-order valence-electron chi connectivity index (χ2n) is 5.88. The molecule has 0 fully saturated rings. The summed E-state index contributed by atoms with van der Waals surface area (Å²) in [5.41, 5.74) is 3.09. The van der Waals surface area contributed by atoms with E-state index in [0.29, 0.717) is 23.8 Å². The van der Waals surface area contributed by atoms with Gasteiger partial charge in [-0.2, -0.15) is 0 Å². The van der Waals surface area contributed by atoms with Crippen molar-refractivity contribution in [3.8, 4) is 17.2 Å². The van der Waals surface area contributed by atoms with Crippen molar-refractivity contribution in [2.24, 2.45) is 0 Å². The SMILES string of the molecule is COc1cc2c(c3c1OCO3)CN(Cc1ccccc1)C[C@@H]2O. The fourth-order valence-corrected chi connectivity index (χ4v) is 3.32. The number of ether oxygens (including phenoxy) is 3. The van der Waals surface area contributed by atoms with Crippen molar-refractivity contribution in [2.45, 2.75) is 19.2 Å². The smallest absolute Gasteiger partial charge is 0.231 e. The minimum absolute atomic E-state index is 0.191. The van der Waals surface area contributed by atoms with Gasteiger partial charge in [0, 0.05) is 25.2 Å². The zero-order valence-corrected chi connectivity index (χ0v) is 13.0. The number of nitrogens with zero attached hydrogens (tertiary/aromatic N) is 1. The summed E-state index contributed by atoms with van der Waals surface area (Å²) in [7, 11) is 1.60. The molecule has 0 unspecified atom stereocenters. The molecule has 5 nitrogen and oxygen atoms in total. The third-order valence-corrected chi connectivity index (χ3v) is 4.39. The summed E-state index contributed by atoms with van der Waals surface area (Å²) >= 11 is 0. The largest absolute Gasteiger partial charge is 0.493 e. The van der Waals surface area contributed by atoms with E-state index in [9.17, 15) is 5.11 Å². The lowest BCUT2D eigenvalue weighted by Crippen LogP contribution is -2.33. The van der Waals surface area contributed by atoms with Crippen LogP contribution in [0.1, 0.15) is 22.8 Å². The number of β-amino-alcohol motifs (C(OH)–C–C–N with tert-alkyl or cyclic N) is 1. The summed E-state index contributed by atoms with van der Waals surface area (Å²) in [6.45, 7) is 2.29. The van der Waals surface area contributed by atoms with E-state index in [1.54, 1.807) is 7.11 Å². The number of methoxy groups -OCH3 is 1. The maximum Gasteiger partial charge on any atom is 0.231 e. The van der Waals surface area contributed by atoms with E-state index < -0.39 is 6.10 Å². The monoisotopic (exact) mass is 313 g/mol. The Morgan fingerprint density at radius 2 is 2.00 bits per heavy atom. The van der Waals surface area contributed by atoms with E-state index in [1.165, 1.54) is 5.56 Å². The van der Waals surface area contributed by atoms with Crippen molar-refractivity contribution < 1.29 is 19.3 Å². The van der Waals surface area contributed by atoms with Crippen molar-refractivity contribution >= 4 is 0 Å². The Balaban J connectivity index is 1.67. The van der Waals surface area contributed by atoms with Crippen LogP contribution in [0.4, 0.5) is 0 Å². The number of aliphatic hydroxyl groups excluding tert-OH is 1. The molecule has 2 heterocycles. The molecule has 1 N–H and O–H groups in total. The maximum absolute atomic E-state index is 10.6. The lowest BCUT2D eigenvalue weighted by atomic mass is 9.95. The molecule has 4 rings (SSSR count). The molecule has 2 aromatic carbocycles. The van der Waals surface area contributed by atoms with Gasteiger partial charge in [0.1, 0.15) is 0 Å². The average Bonchev–Trinajstić information content (AvgIpc) is 3.05. The Morgan fingerprint density at radius 3 is 2.78 bits per heavy atom. The standard InChI is InChI=1S/C18H19NO4/c1-21-16-7-13-14(17-18(16)23-11-22-17)9-19(10-15(13)20)8-12-5-3-2-4-6-12/h2-7,15,20H,8-11H2,1H3/t15-/m0/s1. The second kappa shape index (κ2) is 5.76. The summed E-state index contributed by atoms with van der Waals surface area (Å²) in [6.07, 6.45) is -0.564. The van der Waals surface area contributed by atoms with Gasteiger partial charge in [-0.3, -0.25) is 4.90 Å². The van der Waals surface area contributed by atoms with Crippen LogP contribution in [-0.4, -0.2) is 30.5 Å². The molecule has 5 heteroatoms. The Bertz CT molecular complexity index is 717. The summed E-state index contributed by atoms with van der Waals surface area (Å²) in [4.78, 5) is 2.22. The van der Waals surface area contributed by atoms with Gasteiger partial charge < -0.3 is 19.3 Å². The molecule has 0 aliphatic carbocycles. The molecule has 2 aliphatic rings. The highest BCUT2D eigenvalue weighted by Crippen LogP contribution is 2.48. The van der Waals surface area contributed by atoms with Crippen LogP contribution in [0.15, 0.2) is 36.4 Å². The van der Waals surface area contributed by atoms with Gasteiger partial charge in [-0.25, -0.2) is 0 Å². The zero-order valence-electron chi connectivity index (χ0n) is 13.0. The van der Waals surface area contributed by atoms with Crippen LogP contribution >= 0.6 is 0 Å².